The van der Waals surface area contributed by atoms with Crippen molar-refractivity contribution in [3.63, 3.8) is 0 Å². The molecule has 0 radical (unpaired) electrons. The maximum absolute atomic E-state index is 11.9. The van der Waals surface area contributed by atoms with E-state index in [4.69, 9.17) is 0 Å². The van der Waals surface area contributed by atoms with Gasteiger partial charge >= 0.3 is 0 Å². The zero-order chi connectivity index (χ0) is 16.2. The quantitative estimate of drug-likeness (QED) is 0.646. The Bertz CT molecular complexity index is 819. The second-order valence-electron chi connectivity index (χ2n) is 5.25. The number of aromatic amines is 1. The lowest BCUT2D eigenvalue weighted by molar-refractivity contribution is -0.121. The molecule has 116 valence electrons. The average Bonchev–Trinajstić information content (AvgIpc) is 2.95. The maximum atomic E-state index is 11.9. The minimum atomic E-state index is -0.358. The van der Waals surface area contributed by atoms with Crippen LogP contribution in [0.15, 0.2) is 48.5 Å². The van der Waals surface area contributed by atoms with Crippen molar-refractivity contribution in [1.29, 1.82) is 0 Å². The van der Waals surface area contributed by atoms with Crippen LogP contribution in [-0.4, -0.2) is 21.8 Å². The number of benzene rings is 2. The molecule has 0 saturated heterocycles. The van der Waals surface area contributed by atoms with Crippen molar-refractivity contribution in [2.75, 3.05) is 0 Å². The van der Waals surface area contributed by atoms with Gasteiger partial charge in [-0.1, -0.05) is 29.8 Å². The first-order valence-corrected chi connectivity index (χ1v) is 7.21. The van der Waals surface area contributed by atoms with Gasteiger partial charge in [-0.05, 0) is 31.2 Å². The van der Waals surface area contributed by atoms with E-state index in [-0.39, 0.29) is 18.2 Å². The van der Waals surface area contributed by atoms with Gasteiger partial charge in [-0.15, -0.1) is 0 Å². The molecule has 23 heavy (non-hydrogen) atoms. The molecule has 0 bridgehead atoms. The van der Waals surface area contributed by atoms with E-state index in [0.717, 1.165) is 16.6 Å². The van der Waals surface area contributed by atoms with Crippen molar-refractivity contribution in [3.05, 3.63) is 65.5 Å². The largest absolute Gasteiger partial charge is 0.342 e. The number of para-hydroxylation sites is 2. The third-order valence-electron chi connectivity index (χ3n) is 3.40. The highest BCUT2D eigenvalue weighted by Gasteiger charge is 2.10. The number of aromatic nitrogens is 2. The molecule has 0 aliphatic heterocycles. The third kappa shape index (κ3) is 3.55. The summed E-state index contributed by atoms with van der Waals surface area (Å²) in [6.45, 7) is 1.94. The lowest BCUT2D eigenvalue weighted by atomic mass is 10.1. The summed E-state index contributed by atoms with van der Waals surface area (Å²) in [6.07, 6.45) is 0.0584. The van der Waals surface area contributed by atoms with Crippen LogP contribution in [0.25, 0.3) is 11.0 Å². The van der Waals surface area contributed by atoms with Crippen LogP contribution in [0.1, 0.15) is 21.7 Å². The Labute approximate surface area is 132 Å². The third-order valence-corrected chi connectivity index (χ3v) is 3.40. The van der Waals surface area contributed by atoms with E-state index in [0.29, 0.717) is 11.4 Å². The number of amides is 2. The molecule has 0 unspecified atom stereocenters. The van der Waals surface area contributed by atoms with Gasteiger partial charge in [-0.25, -0.2) is 4.98 Å². The van der Waals surface area contributed by atoms with Gasteiger partial charge in [0.1, 0.15) is 5.82 Å². The minimum absolute atomic E-state index is 0.0584. The number of aryl methyl sites for hydroxylation is 1. The summed E-state index contributed by atoms with van der Waals surface area (Å²) >= 11 is 0. The summed E-state index contributed by atoms with van der Waals surface area (Å²) in [5.74, 6) is -0.152. The molecular weight excluding hydrogens is 292 g/mol. The fourth-order valence-electron chi connectivity index (χ4n) is 2.19. The summed E-state index contributed by atoms with van der Waals surface area (Å²) in [5.41, 5.74) is 8.01. The molecule has 6 nitrogen and oxygen atoms in total. The van der Waals surface area contributed by atoms with E-state index < -0.39 is 0 Å². The van der Waals surface area contributed by atoms with Crippen LogP contribution in [0.2, 0.25) is 0 Å². The van der Waals surface area contributed by atoms with E-state index in [1.54, 1.807) is 12.1 Å². The summed E-state index contributed by atoms with van der Waals surface area (Å²) in [6, 6.07) is 14.6. The number of imidazole rings is 1. The van der Waals surface area contributed by atoms with Gasteiger partial charge in [0.2, 0.25) is 5.91 Å². The van der Waals surface area contributed by atoms with Gasteiger partial charge in [0.25, 0.3) is 5.91 Å². The second kappa shape index (κ2) is 6.31. The molecule has 0 spiro atoms. The van der Waals surface area contributed by atoms with Crippen LogP contribution in [0.4, 0.5) is 0 Å². The first-order chi connectivity index (χ1) is 11.1. The standard InChI is InChI=1S/C17H16N4O2/c1-11-6-8-12(9-7-11)17(23)21-20-16(22)10-15-18-13-4-2-3-5-14(13)19-15/h2-9H,10H2,1H3,(H,18,19)(H,20,22)(H,21,23). The molecule has 0 saturated carbocycles. The molecule has 3 N–H and O–H groups in total. The smallest absolute Gasteiger partial charge is 0.269 e. The number of carbonyl (C=O) groups excluding carboxylic acids is 2. The number of fused-ring (bicyclic) bond motifs is 1. The predicted octanol–water partition coefficient (Wildman–Crippen LogP) is 1.88. The summed E-state index contributed by atoms with van der Waals surface area (Å²) in [4.78, 5) is 31.2. The van der Waals surface area contributed by atoms with E-state index in [1.807, 2.05) is 43.3 Å². The number of nitrogens with one attached hydrogen (secondary N) is 3. The zero-order valence-electron chi connectivity index (χ0n) is 12.6. The molecule has 2 aromatic carbocycles. The van der Waals surface area contributed by atoms with Gasteiger partial charge < -0.3 is 4.98 Å². The molecular formula is C17H16N4O2. The van der Waals surface area contributed by atoms with Crippen LogP contribution < -0.4 is 10.9 Å². The monoisotopic (exact) mass is 308 g/mol. The fraction of sp³-hybridized carbons (Fsp3) is 0.118. The molecule has 1 aromatic heterocycles. The molecule has 0 aliphatic carbocycles. The molecule has 3 rings (SSSR count). The molecule has 6 heteroatoms. The Kier molecular flexibility index (Phi) is 4.05. The van der Waals surface area contributed by atoms with Crippen molar-refractivity contribution in [2.45, 2.75) is 13.3 Å². The molecule has 0 aliphatic rings. The zero-order valence-corrected chi connectivity index (χ0v) is 12.6. The summed E-state index contributed by atoms with van der Waals surface area (Å²) in [7, 11) is 0. The minimum Gasteiger partial charge on any atom is -0.342 e. The fourth-order valence-corrected chi connectivity index (χ4v) is 2.19. The predicted molar refractivity (Wildman–Crippen MR) is 86.6 cm³/mol. The highest BCUT2D eigenvalue weighted by molar-refractivity contribution is 5.95. The van der Waals surface area contributed by atoms with Gasteiger partial charge in [0, 0.05) is 5.56 Å². The lowest BCUT2D eigenvalue weighted by Gasteiger charge is -2.06. The van der Waals surface area contributed by atoms with E-state index in [9.17, 15) is 9.59 Å². The van der Waals surface area contributed by atoms with Gasteiger partial charge in [0.15, 0.2) is 0 Å². The van der Waals surface area contributed by atoms with Crippen LogP contribution in [0.3, 0.4) is 0 Å². The first kappa shape index (κ1) is 14.8. The van der Waals surface area contributed by atoms with Crippen molar-refractivity contribution < 1.29 is 9.59 Å². The van der Waals surface area contributed by atoms with E-state index >= 15 is 0 Å². The maximum Gasteiger partial charge on any atom is 0.269 e. The van der Waals surface area contributed by atoms with E-state index in [2.05, 4.69) is 20.8 Å². The Hall–Kier alpha value is -3.15. The number of hydrogen-bond donors (Lipinski definition) is 3. The van der Waals surface area contributed by atoms with Gasteiger partial charge in [-0.2, -0.15) is 0 Å². The van der Waals surface area contributed by atoms with Gasteiger partial charge in [0.05, 0.1) is 17.5 Å². The second-order valence-corrected chi connectivity index (χ2v) is 5.25. The Morgan fingerprint density at radius 2 is 1.78 bits per heavy atom. The van der Waals surface area contributed by atoms with Crippen LogP contribution in [0, 0.1) is 6.92 Å². The Morgan fingerprint density at radius 1 is 1.04 bits per heavy atom. The molecule has 3 aromatic rings. The Balaban J connectivity index is 1.56. The molecule has 0 fully saturated rings. The number of hydrazine groups is 1. The van der Waals surface area contributed by atoms with Crippen molar-refractivity contribution >= 4 is 22.8 Å². The van der Waals surface area contributed by atoms with Crippen LogP contribution >= 0.6 is 0 Å². The van der Waals surface area contributed by atoms with Crippen molar-refractivity contribution in [3.8, 4) is 0 Å². The average molecular weight is 308 g/mol. The molecule has 2 amide bonds. The van der Waals surface area contributed by atoms with Gasteiger partial charge in [-0.3, -0.25) is 20.4 Å². The first-order valence-electron chi connectivity index (χ1n) is 7.21. The Morgan fingerprint density at radius 3 is 2.52 bits per heavy atom. The molecule has 0 atom stereocenters. The number of hydrogen-bond acceptors (Lipinski definition) is 3. The summed E-state index contributed by atoms with van der Waals surface area (Å²) in [5, 5.41) is 0. The normalized spacial score (nSPS) is 10.5. The van der Waals surface area contributed by atoms with Crippen LogP contribution in [-0.2, 0) is 11.2 Å². The lowest BCUT2D eigenvalue weighted by Crippen LogP contribution is -2.42. The number of H-pyrrole nitrogens is 1. The highest BCUT2D eigenvalue weighted by Crippen LogP contribution is 2.10. The summed E-state index contributed by atoms with van der Waals surface area (Å²) < 4.78 is 0. The van der Waals surface area contributed by atoms with Crippen molar-refractivity contribution in [2.24, 2.45) is 0 Å². The topological polar surface area (TPSA) is 86.9 Å². The van der Waals surface area contributed by atoms with E-state index in [1.165, 1.54) is 0 Å². The number of rotatable bonds is 3. The number of carbonyl (C=O) groups is 2. The number of nitrogens with zero attached hydrogens (tertiary/aromatic N) is 1. The SMILES string of the molecule is Cc1ccc(C(=O)NNC(=O)Cc2nc3ccccc3[nH]2)cc1. The molecule has 1 heterocycles. The van der Waals surface area contributed by atoms with Crippen molar-refractivity contribution in [1.82, 2.24) is 20.8 Å². The van der Waals surface area contributed by atoms with Crippen LogP contribution in [0.5, 0.6) is 0 Å². The highest BCUT2D eigenvalue weighted by atomic mass is 16.2.